The molecule has 102 valence electrons. The molecule has 1 aromatic carbocycles. The van der Waals surface area contributed by atoms with Gasteiger partial charge >= 0.3 is 0 Å². The zero-order chi connectivity index (χ0) is 13.6. The molecule has 2 saturated carbocycles. The first-order chi connectivity index (χ1) is 9.06. The maximum Gasteiger partial charge on any atom is 0.229 e. The number of hydrogen-bond donors (Lipinski definition) is 3. The molecule has 0 spiro atoms. The number of thiol groups is 1. The Morgan fingerprint density at radius 2 is 2.11 bits per heavy atom. The third-order valence-corrected chi connectivity index (χ3v) is 5.72. The third kappa shape index (κ3) is 2.42. The minimum Gasteiger partial charge on any atom is -0.327 e. The lowest BCUT2D eigenvalue weighted by Gasteiger charge is -2.27. The largest absolute Gasteiger partial charge is 0.327 e. The van der Waals surface area contributed by atoms with Crippen LogP contribution in [0.4, 0.5) is 5.69 Å². The maximum absolute atomic E-state index is 12.4. The Morgan fingerprint density at radius 1 is 1.37 bits per heavy atom. The van der Waals surface area contributed by atoms with Gasteiger partial charge in [0.2, 0.25) is 5.91 Å². The Morgan fingerprint density at radius 3 is 2.74 bits per heavy atom. The predicted molar refractivity (Wildman–Crippen MR) is 84.0 cm³/mol. The second-order valence-corrected chi connectivity index (χ2v) is 6.80. The van der Waals surface area contributed by atoms with Gasteiger partial charge in [0, 0.05) is 16.6 Å². The molecule has 0 aliphatic heterocycles. The summed E-state index contributed by atoms with van der Waals surface area (Å²) in [7, 11) is 2.62. The number of nitrogens with two attached hydrogens (primary N) is 1. The van der Waals surface area contributed by atoms with Crippen molar-refractivity contribution >= 4 is 38.8 Å². The fourth-order valence-electron chi connectivity index (χ4n) is 3.57. The van der Waals surface area contributed by atoms with Gasteiger partial charge in [-0.2, -0.15) is 0 Å². The highest BCUT2D eigenvalue weighted by molar-refractivity contribution is 7.80. The molecule has 5 heteroatoms. The molecule has 1 amide bonds. The molecule has 1 aromatic rings. The van der Waals surface area contributed by atoms with Crippen molar-refractivity contribution in [2.24, 2.45) is 23.5 Å². The van der Waals surface area contributed by atoms with Gasteiger partial charge in [-0.3, -0.25) is 4.79 Å². The van der Waals surface area contributed by atoms with Crippen LogP contribution in [0, 0.1) is 17.8 Å². The topological polar surface area (TPSA) is 55.1 Å². The summed E-state index contributed by atoms with van der Waals surface area (Å²) in [6, 6.07) is 5.75. The fraction of sp³-hybridized carbons (Fsp3) is 0.500. The number of carbonyl (C=O) groups excluding carboxylic acids is 1. The van der Waals surface area contributed by atoms with E-state index in [9.17, 15) is 4.79 Å². The average Bonchev–Trinajstić information content (AvgIpc) is 2.94. The summed E-state index contributed by atoms with van der Waals surface area (Å²) >= 11 is 4.36. The lowest BCUT2D eigenvalue weighted by atomic mass is 9.84. The van der Waals surface area contributed by atoms with Crippen LogP contribution in [0.15, 0.2) is 23.1 Å². The van der Waals surface area contributed by atoms with E-state index >= 15 is 0 Å². The first-order valence-electron chi connectivity index (χ1n) is 6.71. The van der Waals surface area contributed by atoms with Crippen LogP contribution in [0.5, 0.6) is 0 Å². The molecule has 0 aromatic heterocycles. The molecule has 2 aliphatic carbocycles. The van der Waals surface area contributed by atoms with Gasteiger partial charge in [0.1, 0.15) is 0 Å². The Balaban J connectivity index is 1.73. The molecule has 3 nitrogen and oxygen atoms in total. The van der Waals surface area contributed by atoms with Crippen LogP contribution in [0.3, 0.4) is 0 Å². The normalized spacial score (nSPS) is 32.6. The number of amides is 1. The average molecular weight is 294 g/mol. The zero-order valence-electron chi connectivity index (χ0n) is 10.7. The standard InChI is InChI=1S/C14H19N2OPS/c15-13-8-2-1-7(5-8)12(13)14(17)16-9-3-4-10(18)11(19)6-9/h3-4,6-8,12-13,19H,1-2,5,15,18H2,(H,16,17)/t7-,8+,12+,13-/m1/s1. The summed E-state index contributed by atoms with van der Waals surface area (Å²) < 4.78 is 0. The summed E-state index contributed by atoms with van der Waals surface area (Å²) in [6.45, 7) is 0. The summed E-state index contributed by atoms with van der Waals surface area (Å²) in [5.74, 6) is 1.09. The van der Waals surface area contributed by atoms with Gasteiger partial charge in [0.25, 0.3) is 0 Å². The quantitative estimate of drug-likeness (QED) is 0.575. The molecule has 0 heterocycles. The lowest BCUT2D eigenvalue weighted by Crippen LogP contribution is -2.42. The lowest BCUT2D eigenvalue weighted by molar-refractivity contribution is -0.121. The smallest absolute Gasteiger partial charge is 0.229 e. The number of nitrogens with one attached hydrogen (secondary N) is 1. The predicted octanol–water partition coefficient (Wildman–Crippen LogP) is 1.79. The summed E-state index contributed by atoms with van der Waals surface area (Å²) in [5, 5.41) is 4.02. The third-order valence-electron chi connectivity index (χ3n) is 4.58. The molecule has 0 saturated heterocycles. The molecule has 2 aliphatic rings. The van der Waals surface area contributed by atoms with E-state index in [1.807, 2.05) is 18.2 Å². The van der Waals surface area contributed by atoms with E-state index in [4.69, 9.17) is 5.73 Å². The van der Waals surface area contributed by atoms with Crippen LogP contribution in [-0.4, -0.2) is 11.9 Å². The molecule has 2 fully saturated rings. The SMILES string of the molecule is N[C@@H]1[C@H]2CC[C@H](C2)[C@@H]1C(=O)Nc1ccc(P)c(S)c1. The Bertz CT molecular complexity index is 520. The molecule has 1 unspecified atom stereocenters. The van der Waals surface area contributed by atoms with Gasteiger partial charge < -0.3 is 11.1 Å². The molecule has 0 radical (unpaired) electrons. The maximum atomic E-state index is 12.4. The van der Waals surface area contributed by atoms with E-state index in [1.165, 1.54) is 6.42 Å². The number of rotatable bonds is 2. The van der Waals surface area contributed by atoms with E-state index < -0.39 is 0 Å². The van der Waals surface area contributed by atoms with Crippen molar-refractivity contribution in [1.82, 2.24) is 0 Å². The number of anilines is 1. The minimum absolute atomic E-state index is 0.0159. The van der Waals surface area contributed by atoms with E-state index in [-0.39, 0.29) is 17.9 Å². The van der Waals surface area contributed by atoms with E-state index in [2.05, 4.69) is 27.2 Å². The second-order valence-electron chi connectivity index (χ2n) is 5.70. The van der Waals surface area contributed by atoms with Crippen LogP contribution in [-0.2, 0) is 4.79 Å². The van der Waals surface area contributed by atoms with Crippen LogP contribution >= 0.6 is 21.9 Å². The highest BCUT2D eigenvalue weighted by atomic mass is 32.1. The van der Waals surface area contributed by atoms with E-state index in [0.717, 1.165) is 28.7 Å². The second kappa shape index (κ2) is 5.08. The van der Waals surface area contributed by atoms with Crippen molar-refractivity contribution < 1.29 is 4.79 Å². The Labute approximate surface area is 121 Å². The van der Waals surface area contributed by atoms with Crippen LogP contribution in [0.2, 0.25) is 0 Å². The number of fused-ring (bicyclic) bond motifs is 2. The van der Waals surface area contributed by atoms with Gasteiger partial charge in [-0.25, -0.2) is 0 Å². The molecule has 3 rings (SSSR count). The number of benzene rings is 1. The van der Waals surface area contributed by atoms with Gasteiger partial charge in [-0.05, 0) is 48.5 Å². The van der Waals surface area contributed by atoms with E-state index in [0.29, 0.717) is 11.8 Å². The molecule has 5 atom stereocenters. The summed E-state index contributed by atoms with van der Waals surface area (Å²) in [6.07, 6.45) is 3.47. The molecular formula is C14H19N2OPS. The highest BCUT2D eigenvalue weighted by Gasteiger charge is 2.49. The van der Waals surface area contributed by atoms with Crippen LogP contribution in [0.1, 0.15) is 19.3 Å². The van der Waals surface area contributed by atoms with Crippen LogP contribution in [0.25, 0.3) is 0 Å². The van der Waals surface area contributed by atoms with Gasteiger partial charge in [0.05, 0.1) is 5.92 Å². The highest BCUT2D eigenvalue weighted by Crippen LogP contribution is 2.47. The van der Waals surface area contributed by atoms with Gasteiger partial charge in [0.15, 0.2) is 0 Å². The Kier molecular flexibility index (Phi) is 3.59. The van der Waals surface area contributed by atoms with Crippen molar-refractivity contribution in [2.75, 3.05) is 5.32 Å². The first kappa shape index (κ1) is 13.4. The van der Waals surface area contributed by atoms with Crippen molar-refractivity contribution in [3.63, 3.8) is 0 Å². The molecule has 2 bridgehead atoms. The Hall–Kier alpha value is -0.570. The number of carbonyl (C=O) groups is 1. The summed E-state index contributed by atoms with van der Waals surface area (Å²) in [4.78, 5) is 13.3. The first-order valence-corrected chi connectivity index (χ1v) is 7.73. The zero-order valence-corrected chi connectivity index (χ0v) is 12.7. The minimum atomic E-state index is -0.0159. The molecular weight excluding hydrogens is 275 g/mol. The van der Waals surface area contributed by atoms with E-state index in [1.54, 1.807) is 0 Å². The monoisotopic (exact) mass is 294 g/mol. The fourth-order valence-corrected chi connectivity index (χ4v) is 3.97. The van der Waals surface area contributed by atoms with Crippen LogP contribution < -0.4 is 16.4 Å². The van der Waals surface area contributed by atoms with Crippen molar-refractivity contribution in [2.45, 2.75) is 30.2 Å². The molecule has 19 heavy (non-hydrogen) atoms. The van der Waals surface area contributed by atoms with Crippen molar-refractivity contribution in [3.8, 4) is 0 Å². The van der Waals surface area contributed by atoms with Crippen molar-refractivity contribution in [1.29, 1.82) is 0 Å². The number of hydrogen-bond acceptors (Lipinski definition) is 3. The van der Waals surface area contributed by atoms with Crippen molar-refractivity contribution in [3.05, 3.63) is 18.2 Å². The summed E-state index contributed by atoms with van der Waals surface area (Å²) in [5.41, 5.74) is 7.00. The molecule has 3 N–H and O–H groups in total. The van der Waals surface area contributed by atoms with Gasteiger partial charge in [-0.15, -0.1) is 21.9 Å². The van der Waals surface area contributed by atoms with Gasteiger partial charge in [-0.1, -0.05) is 6.07 Å².